The number of rotatable bonds is 8. The molecule has 0 spiro atoms. The summed E-state index contributed by atoms with van der Waals surface area (Å²) in [7, 11) is 0. The molecule has 0 saturated carbocycles. The Kier molecular flexibility index (Phi) is 6.11. The Balaban J connectivity index is 1.87. The van der Waals surface area contributed by atoms with E-state index in [0.717, 1.165) is 35.7 Å². The molecule has 2 rings (SSSR count). The lowest BCUT2D eigenvalue weighted by Crippen LogP contribution is -2.26. The van der Waals surface area contributed by atoms with Crippen LogP contribution >= 0.6 is 0 Å². The molecule has 2 unspecified atom stereocenters. The number of hydrogen-bond acceptors (Lipinski definition) is 5. The van der Waals surface area contributed by atoms with E-state index in [1.54, 1.807) is 0 Å². The van der Waals surface area contributed by atoms with E-state index < -0.39 is 0 Å². The molecular formula is C18H26N4O. The molecule has 124 valence electrons. The normalized spacial score (nSPS) is 13.3. The van der Waals surface area contributed by atoms with E-state index in [1.165, 1.54) is 0 Å². The highest BCUT2D eigenvalue weighted by atomic mass is 16.3. The molecule has 5 nitrogen and oxygen atoms in total. The SMILES string of the molecule is CC(O)CC(CCNc1ccc(N)cc1)Nc1ccc(N)cc1. The summed E-state index contributed by atoms with van der Waals surface area (Å²) in [6.07, 6.45) is 1.23. The summed E-state index contributed by atoms with van der Waals surface area (Å²) in [5, 5.41) is 16.5. The van der Waals surface area contributed by atoms with Crippen LogP contribution in [0.2, 0.25) is 0 Å². The number of anilines is 4. The third kappa shape index (κ3) is 6.08. The minimum absolute atomic E-state index is 0.180. The lowest BCUT2D eigenvalue weighted by Gasteiger charge is -2.22. The summed E-state index contributed by atoms with van der Waals surface area (Å²) in [6, 6.07) is 15.5. The minimum atomic E-state index is -0.349. The zero-order valence-corrected chi connectivity index (χ0v) is 13.5. The molecule has 0 heterocycles. The molecular weight excluding hydrogens is 288 g/mol. The van der Waals surface area contributed by atoms with Crippen molar-refractivity contribution in [2.45, 2.75) is 31.9 Å². The van der Waals surface area contributed by atoms with Crippen molar-refractivity contribution in [1.82, 2.24) is 0 Å². The Morgan fingerprint density at radius 2 is 1.43 bits per heavy atom. The van der Waals surface area contributed by atoms with Crippen LogP contribution in [0.3, 0.4) is 0 Å². The van der Waals surface area contributed by atoms with Gasteiger partial charge in [-0.05, 0) is 68.3 Å². The second-order valence-corrected chi connectivity index (χ2v) is 5.89. The molecule has 0 aliphatic rings. The Labute approximate surface area is 137 Å². The van der Waals surface area contributed by atoms with Gasteiger partial charge in [-0.15, -0.1) is 0 Å². The Hall–Kier alpha value is -2.40. The molecule has 2 aromatic rings. The van der Waals surface area contributed by atoms with E-state index in [-0.39, 0.29) is 12.1 Å². The summed E-state index contributed by atoms with van der Waals surface area (Å²) in [5.74, 6) is 0. The van der Waals surface area contributed by atoms with Crippen LogP contribution in [-0.4, -0.2) is 23.8 Å². The van der Waals surface area contributed by atoms with E-state index in [0.29, 0.717) is 6.42 Å². The lowest BCUT2D eigenvalue weighted by atomic mass is 10.1. The molecule has 7 N–H and O–H groups in total. The summed E-state index contributed by atoms with van der Waals surface area (Å²) >= 11 is 0. The fourth-order valence-electron chi connectivity index (χ4n) is 2.47. The van der Waals surface area contributed by atoms with Crippen molar-refractivity contribution in [2.24, 2.45) is 0 Å². The van der Waals surface area contributed by atoms with Gasteiger partial charge in [0, 0.05) is 35.3 Å². The molecule has 0 aromatic heterocycles. The second kappa shape index (κ2) is 8.29. The van der Waals surface area contributed by atoms with Gasteiger partial charge in [-0.25, -0.2) is 0 Å². The van der Waals surface area contributed by atoms with E-state index in [2.05, 4.69) is 10.6 Å². The maximum atomic E-state index is 9.70. The molecule has 0 fully saturated rings. The smallest absolute Gasteiger partial charge is 0.0531 e. The average molecular weight is 314 g/mol. The van der Waals surface area contributed by atoms with Crippen LogP contribution in [-0.2, 0) is 0 Å². The van der Waals surface area contributed by atoms with Gasteiger partial charge in [-0.3, -0.25) is 0 Å². The zero-order chi connectivity index (χ0) is 16.7. The molecule has 2 atom stereocenters. The molecule has 2 aromatic carbocycles. The topological polar surface area (TPSA) is 96.3 Å². The number of nitrogen functional groups attached to an aromatic ring is 2. The van der Waals surface area contributed by atoms with Gasteiger partial charge < -0.3 is 27.2 Å². The van der Waals surface area contributed by atoms with Gasteiger partial charge in [0.15, 0.2) is 0 Å². The number of benzene rings is 2. The standard InChI is InChI=1S/C18H26N4O/c1-13(23)12-18(22-17-8-4-15(20)5-9-17)10-11-21-16-6-2-14(19)3-7-16/h2-9,13,18,21-23H,10-12,19-20H2,1H3. The van der Waals surface area contributed by atoms with E-state index in [9.17, 15) is 5.11 Å². The number of aliphatic hydroxyl groups is 1. The molecule has 0 bridgehead atoms. The lowest BCUT2D eigenvalue weighted by molar-refractivity contribution is 0.176. The van der Waals surface area contributed by atoms with E-state index in [1.807, 2.05) is 55.5 Å². The van der Waals surface area contributed by atoms with Crippen LogP contribution < -0.4 is 22.1 Å². The maximum absolute atomic E-state index is 9.70. The number of nitrogens with one attached hydrogen (secondary N) is 2. The number of hydrogen-bond donors (Lipinski definition) is 5. The Morgan fingerprint density at radius 3 is 1.96 bits per heavy atom. The van der Waals surface area contributed by atoms with Gasteiger partial charge in [0.25, 0.3) is 0 Å². The summed E-state index contributed by atoms with van der Waals surface area (Å²) in [5.41, 5.74) is 14.9. The van der Waals surface area contributed by atoms with Crippen LogP contribution in [0.1, 0.15) is 19.8 Å². The Morgan fingerprint density at radius 1 is 0.913 bits per heavy atom. The van der Waals surface area contributed by atoms with Gasteiger partial charge in [-0.1, -0.05) is 0 Å². The van der Waals surface area contributed by atoms with Gasteiger partial charge in [0.2, 0.25) is 0 Å². The first-order valence-electron chi connectivity index (χ1n) is 7.92. The third-order valence-corrected chi connectivity index (χ3v) is 3.64. The maximum Gasteiger partial charge on any atom is 0.0531 e. The van der Waals surface area contributed by atoms with Crippen molar-refractivity contribution in [3.63, 3.8) is 0 Å². The predicted octanol–water partition coefficient (Wildman–Crippen LogP) is 2.90. The predicted molar refractivity (Wildman–Crippen MR) is 98.5 cm³/mol. The molecule has 0 saturated heterocycles. The van der Waals surface area contributed by atoms with Crippen LogP contribution in [0, 0.1) is 0 Å². The first-order valence-corrected chi connectivity index (χ1v) is 7.92. The third-order valence-electron chi connectivity index (χ3n) is 3.64. The fraction of sp³-hybridized carbons (Fsp3) is 0.333. The number of aliphatic hydroxyl groups excluding tert-OH is 1. The summed E-state index contributed by atoms with van der Waals surface area (Å²) in [4.78, 5) is 0. The second-order valence-electron chi connectivity index (χ2n) is 5.89. The van der Waals surface area contributed by atoms with Crippen LogP contribution in [0.5, 0.6) is 0 Å². The highest BCUT2D eigenvalue weighted by Crippen LogP contribution is 2.16. The summed E-state index contributed by atoms with van der Waals surface area (Å²) < 4.78 is 0. The highest BCUT2D eigenvalue weighted by Gasteiger charge is 2.11. The molecule has 0 aliphatic heterocycles. The van der Waals surface area contributed by atoms with Gasteiger partial charge in [0.1, 0.15) is 0 Å². The van der Waals surface area contributed by atoms with Gasteiger partial charge in [0.05, 0.1) is 6.10 Å². The first kappa shape index (κ1) is 17.0. The molecule has 0 aliphatic carbocycles. The Bertz CT molecular complexity index is 581. The largest absolute Gasteiger partial charge is 0.399 e. The minimum Gasteiger partial charge on any atom is -0.399 e. The van der Waals surface area contributed by atoms with E-state index in [4.69, 9.17) is 11.5 Å². The van der Waals surface area contributed by atoms with Crippen LogP contribution in [0.15, 0.2) is 48.5 Å². The van der Waals surface area contributed by atoms with Crippen molar-refractivity contribution in [3.8, 4) is 0 Å². The monoisotopic (exact) mass is 314 g/mol. The molecule has 0 radical (unpaired) electrons. The van der Waals surface area contributed by atoms with Crippen LogP contribution in [0.4, 0.5) is 22.7 Å². The fourth-order valence-corrected chi connectivity index (χ4v) is 2.47. The quantitative estimate of drug-likeness (QED) is 0.483. The van der Waals surface area contributed by atoms with Crippen molar-refractivity contribution in [3.05, 3.63) is 48.5 Å². The molecule has 23 heavy (non-hydrogen) atoms. The van der Waals surface area contributed by atoms with Crippen molar-refractivity contribution in [2.75, 3.05) is 28.6 Å². The number of nitrogens with two attached hydrogens (primary N) is 2. The van der Waals surface area contributed by atoms with Crippen molar-refractivity contribution in [1.29, 1.82) is 0 Å². The first-order chi connectivity index (χ1) is 11.0. The van der Waals surface area contributed by atoms with E-state index >= 15 is 0 Å². The van der Waals surface area contributed by atoms with Crippen LogP contribution in [0.25, 0.3) is 0 Å². The molecule has 5 heteroatoms. The van der Waals surface area contributed by atoms with Crippen molar-refractivity contribution < 1.29 is 5.11 Å². The van der Waals surface area contributed by atoms with Gasteiger partial charge >= 0.3 is 0 Å². The average Bonchev–Trinajstić information content (AvgIpc) is 2.51. The highest BCUT2D eigenvalue weighted by molar-refractivity contribution is 5.52. The summed E-state index contributed by atoms with van der Waals surface area (Å²) in [6.45, 7) is 2.62. The zero-order valence-electron chi connectivity index (χ0n) is 13.5. The van der Waals surface area contributed by atoms with Crippen molar-refractivity contribution >= 4 is 22.7 Å². The van der Waals surface area contributed by atoms with Gasteiger partial charge in [-0.2, -0.15) is 0 Å². The molecule has 0 amide bonds.